The number of aromatic nitrogens is 2. The molecule has 72 valence electrons. The van der Waals surface area contributed by atoms with Crippen molar-refractivity contribution >= 4 is 22.8 Å². The topological polar surface area (TPSA) is 75.4 Å². The van der Waals surface area contributed by atoms with Gasteiger partial charge in [-0.15, -0.1) is 0 Å². The number of carboxylic acid groups (broad SMARTS) is 1. The zero-order valence-electron chi connectivity index (χ0n) is 7.12. The van der Waals surface area contributed by atoms with E-state index >= 15 is 0 Å². The van der Waals surface area contributed by atoms with Gasteiger partial charge in [0.05, 0.1) is 6.54 Å². The number of hydrogen-bond acceptors (Lipinski definition) is 5. The van der Waals surface area contributed by atoms with Crippen molar-refractivity contribution in [3.05, 3.63) is 24.3 Å². The van der Waals surface area contributed by atoms with E-state index in [1.165, 1.54) is 18.1 Å². The smallest absolute Gasteiger partial charge is 0.318 e. The van der Waals surface area contributed by atoms with Crippen LogP contribution in [0.4, 0.5) is 0 Å². The molecule has 0 bridgehead atoms. The molecule has 1 aromatic heterocycles. The minimum absolute atomic E-state index is 0.324. The molecule has 0 unspecified atom stereocenters. The van der Waals surface area contributed by atoms with Crippen molar-refractivity contribution in [2.75, 3.05) is 6.54 Å². The molecule has 0 fully saturated rings. The molecule has 14 heavy (non-hydrogen) atoms. The first kappa shape index (κ1) is 9.14. The number of thioether (sulfide) groups is 1. The number of rotatable bonds is 2. The molecule has 1 aliphatic heterocycles. The van der Waals surface area contributed by atoms with Crippen LogP contribution in [0.5, 0.6) is 0 Å². The van der Waals surface area contributed by atoms with Crippen molar-refractivity contribution < 1.29 is 9.90 Å². The summed E-state index contributed by atoms with van der Waals surface area (Å²) < 4.78 is 0. The Bertz CT molecular complexity index is 379. The summed E-state index contributed by atoms with van der Waals surface area (Å²) in [5.74, 6) is -0.828. The van der Waals surface area contributed by atoms with Gasteiger partial charge in [-0.2, -0.15) is 0 Å². The normalized spacial score (nSPS) is 20.6. The maximum Gasteiger partial charge on any atom is 0.318 e. The van der Waals surface area contributed by atoms with Crippen LogP contribution in [0, 0.1) is 0 Å². The zero-order chi connectivity index (χ0) is 9.97. The van der Waals surface area contributed by atoms with Gasteiger partial charge in [0.2, 0.25) is 0 Å². The summed E-state index contributed by atoms with van der Waals surface area (Å²) in [5.41, 5.74) is 0.779. The summed E-state index contributed by atoms with van der Waals surface area (Å²) in [6.45, 7) is 0.324. The molecule has 1 N–H and O–H groups in total. The van der Waals surface area contributed by atoms with E-state index in [1.807, 2.05) is 0 Å². The molecule has 0 spiro atoms. The van der Waals surface area contributed by atoms with E-state index in [4.69, 9.17) is 5.11 Å². The first-order valence-electron chi connectivity index (χ1n) is 3.96. The van der Waals surface area contributed by atoms with E-state index in [1.54, 1.807) is 12.4 Å². The maximum absolute atomic E-state index is 10.7. The lowest BCUT2D eigenvalue weighted by Crippen LogP contribution is -2.16. The Morgan fingerprint density at radius 1 is 1.50 bits per heavy atom. The maximum atomic E-state index is 10.7. The van der Waals surface area contributed by atoms with Gasteiger partial charge in [-0.05, 0) is 0 Å². The molecule has 0 saturated heterocycles. The second-order valence-electron chi connectivity index (χ2n) is 2.72. The van der Waals surface area contributed by atoms with Crippen molar-refractivity contribution in [2.45, 2.75) is 5.25 Å². The second kappa shape index (κ2) is 3.75. The molecular weight excluding hydrogens is 202 g/mol. The molecule has 0 saturated carbocycles. The van der Waals surface area contributed by atoms with Gasteiger partial charge in [-0.25, -0.2) is 9.97 Å². The van der Waals surface area contributed by atoms with E-state index in [-0.39, 0.29) is 0 Å². The van der Waals surface area contributed by atoms with E-state index in [9.17, 15) is 4.79 Å². The van der Waals surface area contributed by atoms with Crippen LogP contribution in [-0.2, 0) is 4.79 Å². The molecule has 6 heteroatoms. The van der Waals surface area contributed by atoms with Crippen molar-refractivity contribution in [3.63, 3.8) is 0 Å². The van der Waals surface area contributed by atoms with Gasteiger partial charge in [0.1, 0.15) is 16.6 Å². The predicted octanol–water partition coefficient (Wildman–Crippen LogP) is 0.423. The van der Waals surface area contributed by atoms with Gasteiger partial charge in [0, 0.05) is 18.0 Å². The molecule has 1 atom stereocenters. The monoisotopic (exact) mass is 209 g/mol. The third kappa shape index (κ3) is 1.74. The first-order valence-corrected chi connectivity index (χ1v) is 4.84. The van der Waals surface area contributed by atoms with Crippen LogP contribution in [0.2, 0.25) is 0 Å². The van der Waals surface area contributed by atoms with Crippen LogP contribution in [0.1, 0.15) is 5.56 Å². The standard InChI is InChI=1S/C8H7N3O2S/c12-8(13)6-3-11-7(14-6)5-1-9-4-10-2-5/h1-2,4,6H,3H2,(H,12,13)/t6-/m0/s1. The van der Waals surface area contributed by atoms with Gasteiger partial charge in [0.15, 0.2) is 0 Å². The Kier molecular flexibility index (Phi) is 2.45. The van der Waals surface area contributed by atoms with Crippen LogP contribution >= 0.6 is 11.8 Å². The van der Waals surface area contributed by atoms with Crippen molar-refractivity contribution in [2.24, 2.45) is 4.99 Å². The molecule has 1 aromatic rings. The van der Waals surface area contributed by atoms with Crippen molar-refractivity contribution in [1.82, 2.24) is 9.97 Å². The highest BCUT2D eigenvalue weighted by molar-refractivity contribution is 8.15. The summed E-state index contributed by atoms with van der Waals surface area (Å²) in [6.07, 6.45) is 4.69. The summed E-state index contributed by atoms with van der Waals surface area (Å²) in [7, 11) is 0. The number of aliphatic carboxylic acids is 1. The van der Waals surface area contributed by atoms with Crippen LogP contribution in [0.15, 0.2) is 23.7 Å². The minimum Gasteiger partial charge on any atom is -0.480 e. The lowest BCUT2D eigenvalue weighted by Gasteiger charge is -2.00. The minimum atomic E-state index is -0.828. The largest absolute Gasteiger partial charge is 0.480 e. The van der Waals surface area contributed by atoms with Crippen LogP contribution in [-0.4, -0.2) is 37.9 Å². The molecule has 0 aromatic carbocycles. The third-order valence-electron chi connectivity index (χ3n) is 1.74. The lowest BCUT2D eigenvalue weighted by atomic mass is 10.4. The highest BCUT2D eigenvalue weighted by Crippen LogP contribution is 2.24. The summed E-state index contributed by atoms with van der Waals surface area (Å²) in [6, 6.07) is 0. The second-order valence-corrected chi connectivity index (χ2v) is 3.91. The Balaban J connectivity index is 2.13. The fourth-order valence-electron chi connectivity index (χ4n) is 1.07. The first-order chi connectivity index (χ1) is 6.77. The Morgan fingerprint density at radius 3 is 2.79 bits per heavy atom. The van der Waals surface area contributed by atoms with Gasteiger partial charge in [0.25, 0.3) is 0 Å². The Hall–Kier alpha value is -1.43. The predicted molar refractivity (Wildman–Crippen MR) is 52.5 cm³/mol. The average Bonchev–Trinajstić information content (AvgIpc) is 2.68. The molecule has 2 heterocycles. The van der Waals surface area contributed by atoms with Gasteiger partial charge >= 0.3 is 5.97 Å². The quantitative estimate of drug-likeness (QED) is 0.764. The van der Waals surface area contributed by atoms with Crippen LogP contribution in [0.3, 0.4) is 0 Å². The zero-order valence-corrected chi connectivity index (χ0v) is 7.94. The Morgan fingerprint density at radius 2 is 2.21 bits per heavy atom. The summed E-state index contributed by atoms with van der Waals surface area (Å²) in [4.78, 5) is 22.5. The summed E-state index contributed by atoms with van der Waals surface area (Å²) in [5, 5.41) is 8.99. The number of nitrogens with zero attached hydrogens (tertiary/aromatic N) is 3. The molecule has 1 aliphatic rings. The molecule has 0 aliphatic carbocycles. The van der Waals surface area contributed by atoms with Crippen LogP contribution in [0.25, 0.3) is 0 Å². The molecule has 5 nitrogen and oxygen atoms in total. The number of hydrogen-bond donors (Lipinski definition) is 1. The number of carbonyl (C=O) groups is 1. The highest BCUT2D eigenvalue weighted by Gasteiger charge is 2.26. The number of aliphatic imine (C=N–C) groups is 1. The lowest BCUT2D eigenvalue weighted by molar-refractivity contribution is -0.136. The molecule has 0 amide bonds. The van der Waals surface area contributed by atoms with Gasteiger partial charge < -0.3 is 5.11 Å². The average molecular weight is 209 g/mol. The third-order valence-corrected chi connectivity index (χ3v) is 2.96. The fourth-order valence-corrected chi connectivity index (χ4v) is 1.98. The van der Waals surface area contributed by atoms with Crippen molar-refractivity contribution in [3.8, 4) is 0 Å². The number of carboxylic acids is 1. The SMILES string of the molecule is O=C(O)[C@@H]1CN=C(c2cncnc2)S1. The fraction of sp³-hybridized carbons (Fsp3) is 0.250. The van der Waals surface area contributed by atoms with E-state index in [0.29, 0.717) is 11.6 Å². The molecular formula is C8H7N3O2S. The van der Waals surface area contributed by atoms with Crippen molar-refractivity contribution in [1.29, 1.82) is 0 Å². The van der Waals surface area contributed by atoms with Crippen LogP contribution < -0.4 is 0 Å². The summed E-state index contributed by atoms with van der Waals surface area (Å²) >= 11 is 1.24. The van der Waals surface area contributed by atoms with Gasteiger partial charge in [-0.3, -0.25) is 9.79 Å². The molecule has 0 radical (unpaired) electrons. The van der Waals surface area contributed by atoms with Gasteiger partial charge in [-0.1, -0.05) is 11.8 Å². The van der Waals surface area contributed by atoms with E-state index in [2.05, 4.69) is 15.0 Å². The molecule has 2 rings (SSSR count). The van der Waals surface area contributed by atoms with E-state index < -0.39 is 11.2 Å². The van der Waals surface area contributed by atoms with E-state index in [0.717, 1.165) is 5.56 Å². The Labute approximate surface area is 84.3 Å². The highest BCUT2D eigenvalue weighted by atomic mass is 32.2.